The minimum atomic E-state index is -0.838. The number of carbonyl (C=O) groups excluding carboxylic acids is 1. The van der Waals surface area contributed by atoms with Crippen molar-refractivity contribution in [2.45, 2.75) is 32.7 Å². The third-order valence-electron chi connectivity index (χ3n) is 3.13. The van der Waals surface area contributed by atoms with Gasteiger partial charge in [0, 0.05) is 6.42 Å². The molecule has 0 aliphatic carbocycles. The number of ether oxygens (including phenoxy) is 1. The van der Waals surface area contributed by atoms with Gasteiger partial charge in [-0.15, -0.1) is 0 Å². The molecule has 0 fully saturated rings. The Morgan fingerprint density at radius 3 is 2.79 bits per heavy atom. The predicted octanol–water partition coefficient (Wildman–Crippen LogP) is 1.76. The average Bonchev–Trinajstić information content (AvgIpc) is 2.34. The van der Waals surface area contributed by atoms with Gasteiger partial charge in [0.2, 0.25) is 5.91 Å². The number of benzene rings is 1. The van der Waals surface area contributed by atoms with Gasteiger partial charge in [-0.1, -0.05) is 19.1 Å². The lowest BCUT2D eigenvalue weighted by atomic mass is 9.97. The Labute approximate surface area is 113 Å². The van der Waals surface area contributed by atoms with Crippen LogP contribution in [-0.2, 0) is 4.79 Å². The minimum absolute atomic E-state index is 0.198. The van der Waals surface area contributed by atoms with E-state index in [-0.39, 0.29) is 18.2 Å². The molecule has 0 aliphatic heterocycles. The van der Waals surface area contributed by atoms with Gasteiger partial charge in [0.1, 0.15) is 0 Å². The summed E-state index contributed by atoms with van der Waals surface area (Å²) in [7, 11) is 0. The molecule has 1 rings (SSSR count). The van der Waals surface area contributed by atoms with Crippen LogP contribution in [0.2, 0.25) is 0 Å². The Bertz CT molecular complexity index is 451. The first-order chi connectivity index (χ1) is 8.90. The molecular weight excluding hydrogens is 247 g/mol. The summed E-state index contributed by atoms with van der Waals surface area (Å²) in [6.07, 6.45) is 0.379. The molecule has 106 valence electrons. The number of nitrogens with two attached hydrogens (primary N) is 1. The van der Waals surface area contributed by atoms with Gasteiger partial charge in [0.25, 0.3) is 0 Å². The third-order valence-corrected chi connectivity index (χ3v) is 3.13. The quantitative estimate of drug-likeness (QED) is 0.792. The van der Waals surface area contributed by atoms with Gasteiger partial charge in [-0.2, -0.15) is 0 Å². The number of primary amides is 1. The number of hydrogen-bond acceptors (Lipinski definition) is 3. The second-order valence-electron chi connectivity index (χ2n) is 4.71. The van der Waals surface area contributed by atoms with Crippen LogP contribution >= 0.6 is 0 Å². The number of nitrogens with one attached hydrogen (secondary N) is 1. The second-order valence-corrected chi connectivity index (χ2v) is 4.71. The van der Waals surface area contributed by atoms with Gasteiger partial charge in [-0.3, -0.25) is 4.79 Å². The maximum absolute atomic E-state index is 13.7. The first-order valence-corrected chi connectivity index (χ1v) is 6.33. The maximum Gasteiger partial charge on any atom is 0.237 e. The Morgan fingerprint density at radius 1 is 1.53 bits per heavy atom. The van der Waals surface area contributed by atoms with Crippen LogP contribution in [0.1, 0.15) is 25.8 Å². The Morgan fingerprint density at radius 2 is 2.21 bits per heavy atom. The smallest absolute Gasteiger partial charge is 0.237 e. The van der Waals surface area contributed by atoms with Crippen LogP contribution in [0.5, 0.6) is 5.75 Å². The minimum Gasteiger partial charge on any atom is -0.490 e. The van der Waals surface area contributed by atoms with Gasteiger partial charge in [0.05, 0.1) is 12.1 Å². The number of likely N-dealkylation sites (N-methyl/N-ethyl adjacent to an activating group) is 1. The van der Waals surface area contributed by atoms with E-state index in [1.807, 2.05) is 6.92 Å². The topological polar surface area (TPSA) is 64.3 Å². The number of hydrogen-bond donors (Lipinski definition) is 2. The van der Waals surface area contributed by atoms with Crippen LogP contribution in [0.15, 0.2) is 18.2 Å². The van der Waals surface area contributed by atoms with Gasteiger partial charge in [0.15, 0.2) is 11.6 Å². The van der Waals surface area contributed by atoms with Crippen LogP contribution in [0.4, 0.5) is 4.39 Å². The van der Waals surface area contributed by atoms with Crippen LogP contribution in [0, 0.1) is 12.7 Å². The number of amides is 1. The van der Waals surface area contributed by atoms with E-state index >= 15 is 0 Å². The normalized spacial score (nSPS) is 13.9. The monoisotopic (exact) mass is 268 g/mol. The number of rotatable bonds is 7. The van der Waals surface area contributed by atoms with Crippen molar-refractivity contribution in [2.24, 2.45) is 5.73 Å². The van der Waals surface area contributed by atoms with Crippen LogP contribution in [0.3, 0.4) is 0 Å². The highest BCUT2D eigenvalue weighted by Crippen LogP contribution is 2.20. The van der Waals surface area contributed by atoms with E-state index in [4.69, 9.17) is 10.5 Å². The first-order valence-electron chi connectivity index (χ1n) is 6.33. The van der Waals surface area contributed by atoms with E-state index in [9.17, 15) is 9.18 Å². The van der Waals surface area contributed by atoms with Gasteiger partial charge in [-0.05, 0) is 32.0 Å². The van der Waals surface area contributed by atoms with Crippen molar-refractivity contribution in [2.75, 3.05) is 13.2 Å². The lowest BCUT2D eigenvalue weighted by Crippen LogP contribution is -2.53. The highest BCUT2D eigenvalue weighted by atomic mass is 19.1. The molecule has 0 aliphatic rings. The van der Waals surface area contributed by atoms with Crippen LogP contribution in [-0.4, -0.2) is 24.6 Å². The summed E-state index contributed by atoms with van der Waals surface area (Å²) in [5, 5.41) is 3.02. The van der Waals surface area contributed by atoms with Crippen LogP contribution in [0.25, 0.3) is 0 Å². The zero-order valence-corrected chi connectivity index (χ0v) is 11.6. The van der Waals surface area contributed by atoms with Gasteiger partial charge in [-0.25, -0.2) is 4.39 Å². The first kappa shape index (κ1) is 15.4. The molecule has 1 atom stereocenters. The molecule has 1 aromatic rings. The molecule has 0 radical (unpaired) electrons. The maximum atomic E-state index is 13.7. The predicted molar refractivity (Wildman–Crippen MR) is 72.5 cm³/mol. The van der Waals surface area contributed by atoms with E-state index in [1.54, 1.807) is 32.0 Å². The fourth-order valence-electron chi connectivity index (χ4n) is 1.79. The Hall–Kier alpha value is -1.62. The molecule has 5 heteroatoms. The fraction of sp³-hybridized carbons (Fsp3) is 0.500. The van der Waals surface area contributed by atoms with E-state index in [0.717, 1.165) is 0 Å². The summed E-state index contributed by atoms with van der Waals surface area (Å²) >= 11 is 0. The Balaban J connectivity index is 2.62. The molecule has 19 heavy (non-hydrogen) atoms. The molecule has 1 amide bonds. The van der Waals surface area contributed by atoms with Gasteiger partial charge < -0.3 is 15.8 Å². The summed E-state index contributed by atoms with van der Waals surface area (Å²) in [5.41, 5.74) is 5.05. The molecule has 0 heterocycles. The average molecular weight is 268 g/mol. The highest BCUT2D eigenvalue weighted by molar-refractivity contribution is 5.84. The molecule has 4 nitrogen and oxygen atoms in total. The lowest BCUT2D eigenvalue weighted by molar-refractivity contribution is -0.124. The van der Waals surface area contributed by atoms with Crippen molar-refractivity contribution >= 4 is 5.91 Å². The molecule has 1 unspecified atom stereocenters. The molecular formula is C14H21FN2O2. The molecule has 0 saturated carbocycles. The summed E-state index contributed by atoms with van der Waals surface area (Å²) in [6.45, 7) is 6.12. The number of halogens is 1. The third kappa shape index (κ3) is 3.92. The zero-order chi connectivity index (χ0) is 14.5. The number of carbonyl (C=O) groups is 1. The van der Waals surface area contributed by atoms with E-state index in [2.05, 4.69) is 5.32 Å². The number of aryl methyl sites for hydroxylation is 1. The molecule has 0 saturated heterocycles. The van der Waals surface area contributed by atoms with Crippen molar-refractivity contribution in [3.8, 4) is 5.75 Å². The second kappa shape index (κ2) is 6.52. The van der Waals surface area contributed by atoms with E-state index in [1.165, 1.54) is 0 Å². The van der Waals surface area contributed by atoms with E-state index in [0.29, 0.717) is 18.5 Å². The van der Waals surface area contributed by atoms with Crippen molar-refractivity contribution in [3.05, 3.63) is 29.6 Å². The Kier molecular flexibility index (Phi) is 5.30. The van der Waals surface area contributed by atoms with Crippen molar-refractivity contribution in [1.29, 1.82) is 0 Å². The largest absolute Gasteiger partial charge is 0.490 e. The standard InChI is InChI=1S/C14H21FN2O2/c1-4-17-14(3,13(16)18)8-9-19-11-7-5-6-10(2)12(11)15/h5-7,17H,4,8-9H2,1-3H3,(H2,16,18). The summed E-state index contributed by atoms with van der Waals surface area (Å²) in [4.78, 5) is 11.4. The zero-order valence-electron chi connectivity index (χ0n) is 11.6. The molecule has 3 N–H and O–H groups in total. The fourth-order valence-corrected chi connectivity index (χ4v) is 1.79. The molecule has 1 aromatic carbocycles. The summed E-state index contributed by atoms with van der Waals surface area (Å²) < 4.78 is 19.1. The highest BCUT2D eigenvalue weighted by Gasteiger charge is 2.29. The van der Waals surface area contributed by atoms with Crippen molar-refractivity contribution in [3.63, 3.8) is 0 Å². The molecule has 0 aromatic heterocycles. The summed E-state index contributed by atoms with van der Waals surface area (Å²) in [6, 6.07) is 4.97. The molecule has 0 spiro atoms. The molecule has 0 bridgehead atoms. The van der Waals surface area contributed by atoms with E-state index < -0.39 is 11.4 Å². The summed E-state index contributed by atoms with van der Waals surface area (Å²) in [5.74, 6) is -0.613. The van der Waals surface area contributed by atoms with Crippen molar-refractivity contribution in [1.82, 2.24) is 5.32 Å². The van der Waals surface area contributed by atoms with Gasteiger partial charge >= 0.3 is 0 Å². The van der Waals surface area contributed by atoms with Crippen molar-refractivity contribution < 1.29 is 13.9 Å². The van der Waals surface area contributed by atoms with Crippen LogP contribution < -0.4 is 15.8 Å². The lowest BCUT2D eigenvalue weighted by Gasteiger charge is -2.26. The SMILES string of the molecule is CCNC(C)(CCOc1cccc(C)c1F)C(N)=O.